The van der Waals surface area contributed by atoms with Crippen molar-refractivity contribution in [3.8, 4) is 0 Å². The van der Waals surface area contributed by atoms with Gasteiger partial charge in [0.15, 0.2) is 5.89 Å². The quantitative estimate of drug-likeness (QED) is 0.829. The molecule has 0 spiro atoms. The largest absolute Gasteiger partial charge is 0.436 e. The van der Waals surface area contributed by atoms with Crippen molar-refractivity contribution in [3.63, 3.8) is 0 Å². The lowest BCUT2D eigenvalue weighted by Crippen LogP contribution is -2.32. The Bertz CT molecular complexity index is 414. The van der Waals surface area contributed by atoms with Crippen LogP contribution in [0, 0.1) is 19.8 Å². The fraction of sp³-hybridized carbons (Fsp3) is 0.667. The second kappa shape index (κ2) is 4.87. The number of amides is 1. The van der Waals surface area contributed by atoms with Gasteiger partial charge in [-0.05, 0) is 19.8 Å². The number of carbonyl (C=O) groups is 1. The lowest BCUT2D eigenvalue weighted by Gasteiger charge is -2.14. The first kappa shape index (κ1) is 12.1. The second-order valence-corrected chi connectivity index (χ2v) is 4.62. The summed E-state index contributed by atoms with van der Waals surface area (Å²) in [5.74, 6) is 0.689. The van der Waals surface area contributed by atoms with E-state index in [0.29, 0.717) is 18.1 Å². The number of hydrogen-bond donors (Lipinski definition) is 2. The third-order valence-electron chi connectivity index (χ3n) is 3.25. The Morgan fingerprint density at radius 1 is 1.53 bits per heavy atom. The van der Waals surface area contributed by atoms with Crippen LogP contribution in [0.25, 0.3) is 0 Å². The van der Waals surface area contributed by atoms with E-state index in [1.54, 1.807) is 13.8 Å². The van der Waals surface area contributed by atoms with Crippen LogP contribution in [0.2, 0.25) is 0 Å². The Hall–Kier alpha value is -1.36. The van der Waals surface area contributed by atoms with E-state index >= 15 is 0 Å². The summed E-state index contributed by atoms with van der Waals surface area (Å²) >= 11 is 0. The van der Waals surface area contributed by atoms with Gasteiger partial charge in [-0.25, -0.2) is 4.98 Å². The highest BCUT2D eigenvalue weighted by atomic mass is 16.4. The van der Waals surface area contributed by atoms with Gasteiger partial charge in [0.05, 0.1) is 11.8 Å². The molecule has 94 valence electrons. The monoisotopic (exact) mass is 238 g/mol. The van der Waals surface area contributed by atoms with Gasteiger partial charge in [-0.2, -0.15) is 0 Å². The molecule has 0 bridgehead atoms. The van der Waals surface area contributed by atoms with E-state index in [-0.39, 0.29) is 23.7 Å². The lowest BCUT2D eigenvalue weighted by atomic mass is 10.1. The topological polar surface area (TPSA) is 75.4 Å². The number of aliphatic hydroxyl groups excluding tert-OH is 1. The Morgan fingerprint density at radius 2 is 2.29 bits per heavy atom. The van der Waals surface area contributed by atoms with E-state index in [2.05, 4.69) is 10.3 Å². The van der Waals surface area contributed by atoms with E-state index in [1.807, 2.05) is 0 Å². The summed E-state index contributed by atoms with van der Waals surface area (Å²) in [5, 5.41) is 12.4. The third kappa shape index (κ3) is 2.66. The molecule has 2 rings (SSSR count). The van der Waals surface area contributed by atoms with E-state index in [1.165, 1.54) is 0 Å². The van der Waals surface area contributed by atoms with Crippen LogP contribution in [-0.2, 0) is 0 Å². The molecule has 17 heavy (non-hydrogen) atoms. The van der Waals surface area contributed by atoms with Gasteiger partial charge in [0.1, 0.15) is 0 Å². The van der Waals surface area contributed by atoms with Crippen LogP contribution < -0.4 is 5.32 Å². The minimum Gasteiger partial charge on any atom is -0.436 e. The maximum Gasteiger partial charge on any atom is 0.289 e. The van der Waals surface area contributed by atoms with E-state index in [0.717, 1.165) is 19.3 Å². The summed E-state index contributed by atoms with van der Waals surface area (Å²) in [4.78, 5) is 15.9. The number of aromatic nitrogens is 1. The minimum atomic E-state index is -0.284. The van der Waals surface area contributed by atoms with Crippen LogP contribution in [-0.4, -0.2) is 28.6 Å². The lowest BCUT2D eigenvalue weighted by molar-refractivity contribution is 0.0888. The number of aliphatic hydroxyl groups is 1. The van der Waals surface area contributed by atoms with Crippen LogP contribution in [0.15, 0.2) is 4.42 Å². The van der Waals surface area contributed by atoms with Gasteiger partial charge >= 0.3 is 0 Å². The zero-order chi connectivity index (χ0) is 12.4. The first-order valence-electron chi connectivity index (χ1n) is 5.98. The van der Waals surface area contributed by atoms with E-state index in [9.17, 15) is 9.90 Å². The predicted octanol–water partition coefficient (Wildman–Crippen LogP) is 1.18. The van der Waals surface area contributed by atoms with Gasteiger partial charge in [-0.1, -0.05) is 6.42 Å². The summed E-state index contributed by atoms with van der Waals surface area (Å²) in [5.41, 5.74) is 0.604. The molecule has 1 amide bonds. The highest BCUT2D eigenvalue weighted by molar-refractivity contribution is 5.92. The maximum atomic E-state index is 11.8. The van der Waals surface area contributed by atoms with Crippen molar-refractivity contribution < 1.29 is 14.3 Å². The average Bonchev–Trinajstić information content (AvgIpc) is 2.81. The SMILES string of the molecule is Cc1nc(C)c(C(=O)NCC2CCCC2O)o1. The number of oxazole rings is 1. The van der Waals surface area contributed by atoms with Crippen LogP contribution in [0.4, 0.5) is 0 Å². The molecule has 5 heteroatoms. The van der Waals surface area contributed by atoms with Crippen molar-refractivity contribution in [2.24, 2.45) is 5.92 Å². The molecule has 0 aromatic carbocycles. The third-order valence-corrected chi connectivity index (χ3v) is 3.25. The summed E-state index contributed by atoms with van der Waals surface area (Å²) in [6, 6.07) is 0. The molecule has 1 aromatic rings. The highest BCUT2D eigenvalue weighted by Crippen LogP contribution is 2.24. The minimum absolute atomic E-state index is 0.170. The van der Waals surface area contributed by atoms with Crippen molar-refractivity contribution in [2.45, 2.75) is 39.2 Å². The first-order valence-corrected chi connectivity index (χ1v) is 5.98. The van der Waals surface area contributed by atoms with Crippen molar-refractivity contribution in [1.29, 1.82) is 0 Å². The number of aryl methyl sites for hydroxylation is 2. The number of hydrogen-bond acceptors (Lipinski definition) is 4. The van der Waals surface area contributed by atoms with Crippen LogP contribution in [0.3, 0.4) is 0 Å². The Labute approximate surface area is 100 Å². The van der Waals surface area contributed by atoms with Crippen LogP contribution in [0.5, 0.6) is 0 Å². The van der Waals surface area contributed by atoms with Crippen molar-refractivity contribution in [3.05, 3.63) is 17.3 Å². The number of nitrogens with zero attached hydrogens (tertiary/aromatic N) is 1. The molecule has 0 radical (unpaired) electrons. The van der Waals surface area contributed by atoms with Gasteiger partial charge in [-0.3, -0.25) is 4.79 Å². The normalized spacial score (nSPS) is 23.9. The number of nitrogens with one attached hydrogen (secondary N) is 1. The summed E-state index contributed by atoms with van der Waals surface area (Å²) in [6.07, 6.45) is 2.55. The Morgan fingerprint density at radius 3 is 2.82 bits per heavy atom. The number of rotatable bonds is 3. The molecule has 1 aromatic heterocycles. The molecule has 0 aliphatic heterocycles. The molecular weight excluding hydrogens is 220 g/mol. The zero-order valence-electron chi connectivity index (χ0n) is 10.2. The molecule has 1 fully saturated rings. The molecule has 1 saturated carbocycles. The Balaban J connectivity index is 1.91. The molecular formula is C12H18N2O3. The molecule has 2 N–H and O–H groups in total. The molecule has 1 aliphatic rings. The van der Waals surface area contributed by atoms with Crippen LogP contribution in [0.1, 0.15) is 41.4 Å². The molecule has 2 atom stereocenters. The second-order valence-electron chi connectivity index (χ2n) is 4.62. The first-order chi connectivity index (χ1) is 8.08. The highest BCUT2D eigenvalue weighted by Gasteiger charge is 2.26. The van der Waals surface area contributed by atoms with Gasteiger partial charge in [0, 0.05) is 19.4 Å². The Kier molecular flexibility index (Phi) is 3.47. The zero-order valence-corrected chi connectivity index (χ0v) is 10.2. The van der Waals surface area contributed by atoms with Crippen LogP contribution >= 0.6 is 0 Å². The van der Waals surface area contributed by atoms with Crippen molar-refractivity contribution in [1.82, 2.24) is 10.3 Å². The van der Waals surface area contributed by atoms with E-state index in [4.69, 9.17) is 4.42 Å². The summed E-state index contributed by atoms with van der Waals surface area (Å²) < 4.78 is 5.23. The summed E-state index contributed by atoms with van der Waals surface area (Å²) in [7, 11) is 0. The van der Waals surface area contributed by atoms with Gasteiger partial charge in [0.2, 0.25) is 5.76 Å². The van der Waals surface area contributed by atoms with E-state index < -0.39 is 0 Å². The van der Waals surface area contributed by atoms with Gasteiger partial charge in [-0.15, -0.1) is 0 Å². The smallest absolute Gasteiger partial charge is 0.289 e. The van der Waals surface area contributed by atoms with Gasteiger partial charge < -0.3 is 14.8 Å². The standard InChI is InChI=1S/C12H18N2O3/c1-7-11(17-8(2)14-7)12(16)13-6-9-4-3-5-10(9)15/h9-10,15H,3-6H2,1-2H3,(H,13,16). The van der Waals surface area contributed by atoms with Crippen molar-refractivity contribution in [2.75, 3.05) is 6.54 Å². The van der Waals surface area contributed by atoms with Crippen molar-refractivity contribution >= 4 is 5.91 Å². The molecule has 2 unspecified atom stereocenters. The molecule has 0 saturated heterocycles. The number of carbonyl (C=O) groups excluding carboxylic acids is 1. The fourth-order valence-corrected chi connectivity index (χ4v) is 2.30. The molecule has 5 nitrogen and oxygen atoms in total. The summed E-state index contributed by atoms with van der Waals surface area (Å²) in [6.45, 7) is 3.96. The molecule has 1 aliphatic carbocycles. The average molecular weight is 238 g/mol. The maximum absolute atomic E-state index is 11.8. The fourth-order valence-electron chi connectivity index (χ4n) is 2.30. The molecule has 1 heterocycles. The predicted molar refractivity (Wildman–Crippen MR) is 61.7 cm³/mol. The van der Waals surface area contributed by atoms with Gasteiger partial charge in [0.25, 0.3) is 5.91 Å².